The van der Waals surface area contributed by atoms with Crippen LogP contribution in [0.15, 0.2) is 23.1 Å². The van der Waals surface area contributed by atoms with Crippen LogP contribution >= 0.6 is 0 Å². The molecular formula is C16H27N3O4S. The first-order valence-electron chi connectivity index (χ1n) is 7.73. The molecule has 2 N–H and O–H groups in total. The van der Waals surface area contributed by atoms with Crippen LogP contribution in [0.25, 0.3) is 0 Å². The van der Waals surface area contributed by atoms with Gasteiger partial charge < -0.3 is 15.4 Å². The summed E-state index contributed by atoms with van der Waals surface area (Å²) in [5, 5.41) is 6.08. The average molecular weight is 357 g/mol. The van der Waals surface area contributed by atoms with Gasteiger partial charge in [0, 0.05) is 20.6 Å². The molecule has 1 aromatic rings. The van der Waals surface area contributed by atoms with Gasteiger partial charge in [0.15, 0.2) is 0 Å². The van der Waals surface area contributed by atoms with Crippen LogP contribution in [0.5, 0.6) is 0 Å². The summed E-state index contributed by atoms with van der Waals surface area (Å²) in [6, 6.07) is 4.72. The number of hydrogen-bond donors (Lipinski definition) is 2. The van der Waals surface area contributed by atoms with Gasteiger partial charge in [0.2, 0.25) is 10.0 Å². The van der Waals surface area contributed by atoms with Crippen molar-refractivity contribution in [2.75, 3.05) is 37.8 Å². The Balaban J connectivity index is 3.04. The van der Waals surface area contributed by atoms with E-state index in [1.165, 1.54) is 26.2 Å². The van der Waals surface area contributed by atoms with Gasteiger partial charge in [-0.2, -0.15) is 0 Å². The molecule has 0 bridgehead atoms. The van der Waals surface area contributed by atoms with Crippen molar-refractivity contribution in [2.45, 2.75) is 38.2 Å². The number of nitrogens with zero attached hydrogens (tertiary/aromatic N) is 1. The lowest BCUT2D eigenvalue weighted by molar-refractivity contribution is -0.152. The molecule has 0 aliphatic carbocycles. The monoisotopic (exact) mass is 357 g/mol. The van der Waals surface area contributed by atoms with E-state index in [0.29, 0.717) is 12.2 Å². The highest BCUT2D eigenvalue weighted by Gasteiger charge is 2.20. The lowest BCUT2D eigenvalue weighted by Crippen LogP contribution is -2.28. The third-order valence-electron chi connectivity index (χ3n) is 2.98. The van der Waals surface area contributed by atoms with E-state index < -0.39 is 21.6 Å². The summed E-state index contributed by atoms with van der Waals surface area (Å²) < 4.78 is 30.9. The van der Waals surface area contributed by atoms with Gasteiger partial charge in [0.25, 0.3) is 0 Å². The van der Waals surface area contributed by atoms with Gasteiger partial charge in [0.05, 0.1) is 16.3 Å². The van der Waals surface area contributed by atoms with Crippen LogP contribution in [0.3, 0.4) is 0 Å². The van der Waals surface area contributed by atoms with Crippen LogP contribution in [0, 0.1) is 0 Å². The molecule has 0 aliphatic heterocycles. The lowest BCUT2D eigenvalue weighted by Gasteiger charge is -2.21. The Morgan fingerprint density at radius 1 is 1.17 bits per heavy atom. The molecule has 1 aromatic carbocycles. The molecule has 0 unspecified atom stereocenters. The second kappa shape index (κ2) is 7.85. The number of benzene rings is 1. The van der Waals surface area contributed by atoms with Crippen molar-refractivity contribution in [3.63, 3.8) is 0 Å². The molecule has 24 heavy (non-hydrogen) atoms. The molecule has 0 saturated carbocycles. The molecule has 0 aromatic heterocycles. The van der Waals surface area contributed by atoms with E-state index in [2.05, 4.69) is 10.6 Å². The number of ether oxygens (including phenoxy) is 1. The van der Waals surface area contributed by atoms with Crippen molar-refractivity contribution >= 4 is 27.4 Å². The van der Waals surface area contributed by atoms with E-state index in [0.717, 1.165) is 9.99 Å². The molecule has 0 radical (unpaired) electrons. The second-order valence-electron chi connectivity index (χ2n) is 6.47. The minimum absolute atomic E-state index is 0.0544. The first-order chi connectivity index (χ1) is 11.0. The predicted octanol–water partition coefficient (Wildman–Crippen LogP) is 2.12. The normalized spacial score (nSPS) is 12.1. The van der Waals surface area contributed by atoms with Gasteiger partial charge in [-0.1, -0.05) is 0 Å². The molecule has 7 nitrogen and oxygen atoms in total. The Morgan fingerprint density at radius 3 is 2.29 bits per heavy atom. The summed E-state index contributed by atoms with van der Waals surface area (Å²) in [7, 11) is -0.602. The molecule has 0 saturated heterocycles. The largest absolute Gasteiger partial charge is 0.459 e. The van der Waals surface area contributed by atoms with Gasteiger partial charge in [-0.25, -0.2) is 12.7 Å². The smallest absolute Gasteiger partial charge is 0.325 e. The lowest BCUT2D eigenvalue weighted by atomic mass is 10.2. The topological polar surface area (TPSA) is 87.7 Å². The van der Waals surface area contributed by atoms with E-state index in [1.807, 2.05) is 6.92 Å². The molecule has 0 amide bonds. The van der Waals surface area contributed by atoms with Crippen molar-refractivity contribution < 1.29 is 17.9 Å². The van der Waals surface area contributed by atoms with Crippen LogP contribution in [-0.2, 0) is 19.6 Å². The number of carbonyl (C=O) groups is 1. The summed E-state index contributed by atoms with van der Waals surface area (Å²) in [4.78, 5) is 12.0. The van der Waals surface area contributed by atoms with E-state index in [9.17, 15) is 13.2 Å². The number of hydrogen-bond acceptors (Lipinski definition) is 6. The van der Waals surface area contributed by atoms with Crippen LogP contribution < -0.4 is 10.6 Å². The Bertz CT molecular complexity index is 679. The summed E-state index contributed by atoms with van der Waals surface area (Å²) in [6.45, 7) is 7.92. The second-order valence-corrected chi connectivity index (χ2v) is 8.62. The van der Waals surface area contributed by atoms with Crippen molar-refractivity contribution in [2.24, 2.45) is 0 Å². The third kappa shape index (κ3) is 5.68. The Kier molecular flexibility index (Phi) is 6.62. The quantitative estimate of drug-likeness (QED) is 0.727. The SMILES string of the molecule is CCNc1ccc(S(=O)(=O)N(C)C)cc1NCC(=O)OC(C)(C)C. The van der Waals surface area contributed by atoms with E-state index in [1.54, 1.807) is 26.8 Å². The van der Waals surface area contributed by atoms with Crippen molar-refractivity contribution in [1.29, 1.82) is 0 Å². The minimum Gasteiger partial charge on any atom is -0.459 e. The van der Waals surface area contributed by atoms with Gasteiger partial charge >= 0.3 is 5.97 Å². The number of anilines is 2. The Hall–Kier alpha value is -1.80. The van der Waals surface area contributed by atoms with E-state index >= 15 is 0 Å². The fourth-order valence-electron chi connectivity index (χ4n) is 1.93. The zero-order valence-corrected chi connectivity index (χ0v) is 16.0. The molecule has 136 valence electrons. The highest BCUT2D eigenvalue weighted by atomic mass is 32.2. The summed E-state index contributed by atoms with van der Waals surface area (Å²) in [5.74, 6) is -0.411. The maximum Gasteiger partial charge on any atom is 0.325 e. The molecule has 1 rings (SSSR count). The molecule has 0 aliphatic rings. The summed E-state index contributed by atoms with van der Waals surface area (Å²) in [5.41, 5.74) is 0.684. The van der Waals surface area contributed by atoms with Crippen molar-refractivity contribution in [1.82, 2.24) is 4.31 Å². The number of carbonyl (C=O) groups excluding carboxylic acids is 1. The average Bonchev–Trinajstić information content (AvgIpc) is 2.44. The van der Waals surface area contributed by atoms with Crippen molar-refractivity contribution in [3.05, 3.63) is 18.2 Å². The van der Waals surface area contributed by atoms with Crippen LogP contribution in [0.1, 0.15) is 27.7 Å². The fourth-order valence-corrected chi connectivity index (χ4v) is 2.86. The van der Waals surface area contributed by atoms with Crippen LogP contribution in [0.2, 0.25) is 0 Å². The number of rotatable bonds is 7. The van der Waals surface area contributed by atoms with E-state index in [4.69, 9.17) is 4.74 Å². The standard InChI is InChI=1S/C16H27N3O4S/c1-7-17-13-9-8-12(24(21,22)19(5)6)10-14(13)18-11-15(20)23-16(2,3)4/h8-10,17-18H,7,11H2,1-6H3. The van der Waals surface area contributed by atoms with Gasteiger partial charge in [-0.15, -0.1) is 0 Å². The maximum atomic E-state index is 12.3. The predicted molar refractivity (Wildman–Crippen MR) is 95.8 cm³/mol. The fraction of sp³-hybridized carbons (Fsp3) is 0.562. The molecule has 0 heterocycles. The van der Waals surface area contributed by atoms with Gasteiger partial charge in [0.1, 0.15) is 12.1 Å². The van der Waals surface area contributed by atoms with Crippen molar-refractivity contribution in [3.8, 4) is 0 Å². The molecule has 8 heteroatoms. The first-order valence-corrected chi connectivity index (χ1v) is 9.17. The summed E-state index contributed by atoms with van der Waals surface area (Å²) >= 11 is 0. The Labute approximate surface area is 144 Å². The van der Waals surface area contributed by atoms with Gasteiger partial charge in [-0.05, 0) is 45.9 Å². The molecule has 0 spiro atoms. The number of esters is 1. The zero-order chi connectivity index (χ0) is 18.5. The first kappa shape index (κ1) is 20.2. The highest BCUT2D eigenvalue weighted by Crippen LogP contribution is 2.26. The third-order valence-corrected chi connectivity index (χ3v) is 4.79. The maximum absolute atomic E-state index is 12.3. The highest BCUT2D eigenvalue weighted by molar-refractivity contribution is 7.89. The molecule has 0 fully saturated rings. The number of nitrogens with one attached hydrogen (secondary N) is 2. The zero-order valence-electron chi connectivity index (χ0n) is 15.1. The van der Waals surface area contributed by atoms with Crippen LogP contribution in [0.4, 0.5) is 11.4 Å². The number of sulfonamides is 1. The van der Waals surface area contributed by atoms with E-state index in [-0.39, 0.29) is 11.4 Å². The minimum atomic E-state index is -3.55. The van der Waals surface area contributed by atoms with Crippen LogP contribution in [-0.4, -0.2) is 51.5 Å². The summed E-state index contributed by atoms with van der Waals surface area (Å²) in [6.07, 6.45) is 0. The van der Waals surface area contributed by atoms with Gasteiger partial charge in [-0.3, -0.25) is 4.79 Å². The molecular weight excluding hydrogens is 330 g/mol. The molecule has 0 atom stereocenters. The Morgan fingerprint density at radius 2 is 1.79 bits per heavy atom.